The molecule has 0 atom stereocenters. The molecule has 1 aliphatic heterocycles. The van der Waals surface area contributed by atoms with Crippen molar-refractivity contribution >= 4 is 18.8 Å². The summed E-state index contributed by atoms with van der Waals surface area (Å²) in [5, 5.41) is 12.5. The van der Waals surface area contributed by atoms with E-state index in [-0.39, 0.29) is 18.2 Å². The number of nitrogens with one attached hydrogen (secondary N) is 1. The fraction of sp³-hybridized carbons (Fsp3) is 0.700. The van der Waals surface area contributed by atoms with Crippen LogP contribution in [0.15, 0.2) is 21.9 Å². The number of amides is 1. The Morgan fingerprint density at radius 3 is 2.46 bits per heavy atom. The van der Waals surface area contributed by atoms with E-state index >= 15 is 0 Å². The van der Waals surface area contributed by atoms with Crippen molar-refractivity contribution < 1.29 is 14.3 Å². The Morgan fingerprint density at radius 2 is 2.00 bits per heavy atom. The first-order valence-electron chi connectivity index (χ1n) is 9.72. The van der Waals surface area contributed by atoms with Crippen LogP contribution in [0.25, 0.3) is 0 Å². The quantitative estimate of drug-likeness (QED) is 0.587. The van der Waals surface area contributed by atoms with Crippen LogP contribution >= 0.6 is 0 Å². The zero-order valence-corrected chi connectivity index (χ0v) is 17.3. The average Bonchev–Trinajstić information content (AvgIpc) is 2.60. The molecule has 0 aromatic carbocycles. The van der Waals surface area contributed by atoms with Gasteiger partial charge < -0.3 is 19.7 Å². The summed E-state index contributed by atoms with van der Waals surface area (Å²) in [6.45, 7) is 12.1. The normalized spacial score (nSPS) is 20.6. The number of carbonyl (C=O) groups is 1. The minimum Gasteiger partial charge on any atom is -0.460 e. The summed E-state index contributed by atoms with van der Waals surface area (Å²) >= 11 is 0. The highest BCUT2D eigenvalue weighted by atomic mass is 16.6. The second kappa shape index (κ2) is 9.09. The number of nitrogens with zero attached hydrogens (tertiary/aromatic N) is 4. The zero-order chi connectivity index (χ0) is 20.8. The average molecular weight is 390 g/mol. The third-order valence-corrected chi connectivity index (χ3v) is 4.73. The van der Waals surface area contributed by atoms with E-state index < -0.39 is 11.1 Å². The van der Waals surface area contributed by atoms with Gasteiger partial charge in [-0.25, -0.2) is 14.8 Å². The lowest BCUT2D eigenvalue weighted by atomic mass is 9.78. The van der Waals surface area contributed by atoms with E-state index in [1.165, 1.54) is 0 Å². The number of hydrogen-bond acceptors (Lipinski definition) is 6. The highest BCUT2D eigenvalue weighted by Gasteiger charge is 2.37. The molecule has 0 radical (unpaired) electrons. The number of ether oxygens (including phenoxy) is 2. The molecule has 1 saturated carbocycles. The number of rotatable bonds is 4. The van der Waals surface area contributed by atoms with Crippen molar-refractivity contribution in [3.63, 3.8) is 0 Å². The topological polar surface area (TPSA) is 99.3 Å². The summed E-state index contributed by atoms with van der Waals surface area (Å²) in [6.07, 6.45) is 5.32. The molecule has 0 bridgehead atoms. The van der Waals surface area contributed by atoms with Crippen LogP contribution in [0, 0.1) is 11.3 Å². The predicted octanol–water partition coefficient (Wildman–Crippen LogP) is 3.36. The molecule has 0 aromatic rings. The number of allylic oxidation sites excluding steroid dienone is 1. The van der Waals surface area contributed by atoms with Crippen molar-refractivity contribution in [2.75, 3.05) is 13.1 Å². The van der Waals surface area contributed by atoms with Crippen molar-refractivity contribution in [2.24, 2.45) is 9.98 Å². The van der Waals surface area contributed by atoms with Crippen LogP contribution in [0.1, 0.15) is 59.8 Å². The summed E-state index contributed by atoms with van der Waals surface area (Å²) < 4.78 is 11.2. The van der Waals surface area contributed by atoms with Crippen LogP contribution in [0.3, 0.4) is 0 Å². The maximum absolute atomic E-state index is 12.1. The lowest BCUT2D eigenvalue weighted by molar-refractivity contribution is 0.0114. The van der Waals surface area contributed by atoms with E-state index in [4.69, 9.17) is 9.47 Å². The number of aliphatic imine (C=N–C) groups is 2. The standard InChI is InChI=1S/C20H31N5O3/c1-15(24-20(14-21)9-6-10-20)13-23-17(22-5)27-16-7-11-25(12-8-16)18(26)28-19(2,3)4/h13,16,24H,5-12H2,1-4H3/b15-13+,23-17+. The molecule has 0 spiro atoms. The van der Waals surface area contributed by atoms with Gasteiger partial charge in [-0.3, -0.25) is 0 Å². The van der Waals surface area contributed by atoms with Gasteiger partial charge in [-0.2, -0.15) is 5.26 Å². The van der Waals surface area contributed by atoms with Gasteiger partial charge in [0, 0.05) is 31.6 Å². The molecule has 1 N–H and O–H groups in total. The summed E-state index contributed by atoms with van der Waals surface area (Å²) in [7, 11) is 0. The number of hydrogen-bond donors (Lipinski definition) is 1. The largest absolute Gasteiger partial charge is 0.460 e. The molecule has 0 aromatic heterocycles. The van der Waals surface area contributed by atoms with E-state index in [1.54, 1.807) is 11.1 Å². The monoisotopic (exact) mass is 389 g/mol. The molecule has 154 valence electrons. The molecular formula is C20H31N5O3. The Labute approximate surface area is 167 Å². The van der Waals surface area contributed by atoms with Crippen LogP contribution in [0.5, 0.6) is 0 Å². The van der Waals surface area contributed by atoms with Crippen molar-refractivity contribution in [1.82, 2.24) is 10.2 Å². The molecule has 1 amide bonds. The van der Waals surface area contributed by atoms with Gasteiger partial charge in [-0.05, 0) is 53.7 Å². The SMILES string of the molecule is C=N/C(=N\C=C(/C)NC1(C#N)CCC1)OC1CCN(C(=O)OC(C)(C)C)CC1. The summed E-state index contributed by atoms with van der Waals surface area (Å²) in [5.74, 6) is 0. The Kier molecular flexibility index (Phi) is 7.05. The molecule has 2 rings (SSSR count). The van der Waals surface area contributed by atoms with Gasteiger partial charge in [-0.1, -0.05) is 0 Å². The van der Waals surface area contributed by atoms with Gasteiger partial charge in [0.25, 0.3) is 0 Å². The minimum atomic E-state index is -0.501. The maximum atomic E-state index is 12.1. The molecule has 1 aliphatic carbocycles. The maximum Gasteiger partial charge on any atom is 0.410 e. The Balaban J connectivity index is 1.84. The fourth-order valence-electron chi connectivity index (χ4n) is 3.10. The fourth-order valence-corrected chi connectivity index (χ4v) is 3.10. The molecule has 8 nitrogen and oxygen atoms in total. The second-order valence-electron chi connectivity index (χ2n) is 8.34. The highest BCUT2D eigenvalue weighted by molar-refractivity contribution is 5.79. The number of amidine groups is 1. The van der Waals surface area contributed by atoms with Crippen LogP contribution < -0.4 is 5.32 Å². The first kappa shape index (κ1) is 21.7. The second-order valence-corrected chi connectivity index (χ2v) is 8.34. The molecular weight excluding hydrogens is 358 g/mol. The van der Waals surface area contributed by atoms with Gasteiger partial charge in [0.15, 0.2) is 0 Å². The summed E-state index contributed by atoms with van der Waals surface area (Å²) in [5.41, 5.74) is -0.183. The summed E-state index contributed by atoms with van der Waals surface area (Å²) in [4.78, 5) is 21.9. The minimum absolute atomic E-state index is 0.0818. The van der Waals surface area contributed by atoms with Gasteiger partial charge in [0.2, 0.25) is 0 Å². The number of piperidine rings is 1. The number of nitriles is 1. The van der Waals surface area contributed by atoms with Crippen LogP contribution in [0.4, 0.5) is 4.79 Å². The molecule has 1 saturated heterocycles. The van der Waals surface area contributed by atoms with E-state index in [0.717, 1.165) is 25.0 Å². The van der Waals surface area contributed by atoms with Crippen LogP contribution in [-0.4, -0.2) is 54.1 Å². The van der Waals surface area contributed by atoms with Crippen molar-refractivity contribution in [2.45, 2.75) is 77.0 Å². The van der Waals surface area contributed by atoms with Gasteiger partial charge in [0.05, 0.1) is 12.3 Å². The van der Waals surface area contributed by atoms with Gasteiger partial charge in [0.1, 0.15) is 17.2 Å². The van der Waals surface area contributed by atoms with E-state index in [2.05, 4.69) is 28.1 Å². The van der Waals surface area contributed by atoms with E-state index in [0.29, 0.717) is 25.9 Å². The zero-order valence-electron chi connectivity index (χ0n) is 17.3. The first-order chi connectivity index (χ1) is 13.2. The lowest BCUT2D eigenvalue weighted by Gasteiger charge is -2.36. The van der Waals surface area contributed by atoms with Crippen molar-refractivity contribution in [3.05, 3.63) is 11.9 Å². The van der Waals surface area contributed by atoms with E-state index in [9.17, 15) is 10.1 Å². The third kappa shape index (κ3) is 6.25. The van der Waals surface area contributed by atoms with E-state index in [1.807, 2.05) is 27.7 Å². The highest BCUT2D eigenvalue weighted by Crippen LogP contribution is 2.31. The van der Waals surface area contributed by atoms with Crippen LogP contribution in [0.2, 0.25) is 0 Å². The molecule has 8 heteroatoms. The van der Waals surface area contributed by atoms with Crippen LogP contribution in [-0.2, 0) is 9.47 Å². The molecule has 1 heterocycles. The smallest absolute Gasteiger partial charge is 0.410 e. The number of carbonyl (C=O) groups excluding carboxylic acids is 1. The molecule has 28 heavy (non-hydrogen) atoms. The Bertz CT molecular complexity index is 675. The van der Waals surface area contributed by atoms with Gasteiger partial charge >= 0.3 is 12.1 Å². The lowest BCUT2D eigenvalue weighted by Crippen LogP contribution is -2.48. The molecule has 2 fully saturated rings. The van der Waals surface area contributed by atoms with Crippen molar-refractivity contribution in [1.29, 1.82) is 5.26 Å². The number of likely N-dealkylation sites (tertiary alicyclic amines) is 1. The Morgan fingerprint density at radius 1 is 1.36 bits per heavy atom. The van der Waals surface area contributed by atoms with Gasteiger partial charge in [-0.15, -0.1) is 0 Å². The predicted molar refractivity (Wildman–Crippen MR) is 108 cm³/mol. The molecule has 0 unspecified atom stereocenters. The Hall–Kier alpha value is -2.56. The third-order valence-electron chi connectivity index (χ3n) is 4.73. The first-order valence-corrected chi connectivity index (χ1v) is 9.72. The summed E-state index contributed by atoms with van der Waals surface area (Å²) in [6, 6.07) is 2.52. The molecule has 2 aliphatic rings. The van der Waals surface area contributed by atoms with Crippen molar-refractivity contribution in [3.8, 4) is 6.07 Å².